The Hall–Kier alpha value is -0.120. The van der Waals surface area contributed by atoms with E-state index in [2.05, 4.69) is 11.9 Å². The normalized spacial score (nSPS) is 25.4. The van der Waals surface area contributed by atoms with E-state index >= 15 is 0 Å². The van der Waals surface area contributed by atoms with Crippen LogP contribution in [0.2, 0.25) is 0 Å². The minimum Gasteiger partial charge on any atom is -0.368 e. The molecule has 0 aromatic rings. The number of aliphatic hydroxyl groups is 1. The third-order valence-electron chi connectivity index (χ3n) is 2.05. The van der Waals surface area contributed by atoms with Crippen LogP contribution in [0.5, 0.6) is 0 Å². The lowest BCUT2D eigenvalue weighted by Crippen LogP contribution is -2.35. The lowest BCUT2D eigenvalue weighted by Gasteiger charge is -2.29. The van der Waals surface area contributed by atoms with Crippen LogP contribution in [-0.2, 0) is 4.74 Å². The van der Waals surface area contributed by atoms with E-state index in [0.717, 1.165) is 25.9 Å². The molecule has 0 amide bonds. The Morgan fingerprint density at radius 2 is 2.00 bits per heavy atom. The number of likely N-dealkylation sites (tertiary alicyclic amines) is 1. The van der Waals surface area contributed by atoms with E-state index in [0.29, 0.717) is 0 Å². The first-order valence-electron chi connectivity index (χ1n) is 4.20. The van der Waals surface area contributed by atoms with Crippen molar-refractivity contribution in [1.82, 2.24) is 4.90 Å². The summed E-state index contributed by atoms with van der Waals surface area (Å²) in [5, 5.41) is 8.93. The molecule has 0 radical (unpaired) electrons. The molecule has 1 unspecified atom stereocenters. The molecule has 1 saturated heterocycles. The van der Waals surface area contributed by atoms with Gasteiger partial charge in [0.25, 0.3) is 0 Å². The van der Waals surface area contributed by atoms with Crippen molar-refractivity contribution in [3.8, 4) is 0 Å². The topological polar surface area (TPSA) is 32.7 Å². The molecule has 1 aliphatic rings. The predicted molar refractivity (Wildman–Crippen MR) is 43.3 cm³/mol. The maximum absolute atomic E-state index is 8.93. The van der Waals surface area contributed by atoms with E-state index in [9.17, 15) is 0 Å². The third kappa shape index (κ3) is 3.18. The SMILES string of the molecule is CC(O)OC1CCN(C)CC1. The molecule has 3 heteroatoms. The number of hydrogen-bond acceptors (Lipinski definition) is 3. The number of nitrogens with zero attached hydrogens (tertiary/aromatic N) is 1. The second-order valence-corrected chi connectivity index (χ2v) is 3.24. The van der Waals surface area contributed by atoms with E-state index < -0.39 is 6.29 Å². The fraction of sp³-hybridized carbons (Fsp3) is 1.00. The van der Waals surface area contributed by atoms with Gasteiger partial charge in [-0.15, -0.1) is 0 Å². The van der Waals surface area contributed by atoms with Crippen molar-refractivity contribution in [2.45, 2.75) is 32.2 Å². The summed E-state index contributed by atoms with van der Waals surface area (Å²) in [6.45, 7) is 3.83. The molecule has 0 aliphatic carbocycles. The highest BCUT2D eigenvalue weighted by molar-refractivity contribution is 4.69. The van der Waals surface area contributed by atoms with Gasteiger partial charge >= 0.3 is 0 Å². The average molecular weight is 159 g/mol. The summed E-state index contributed by atoms with van der Waals surface area (Å²) in [6, 6.07) is 0. The summed E-state index contributed by atoms with van der Waals surface area (Å²) >= 11 is 0. The van der Waals surface area contributed by atoms with Crippen LogP contribution in [0, 0.1) is 0 Å². The van der Waals surface area contributed by atoms with Gasteiger partial charge in [-0.3, -0.25) is 0 Å². The van der Waals surface area contributed by atoms with Crippen molar-refractivity contribution in [3.05, 3.63) is 0 Å². The summed E-state index contributed by atoms with van der Waals surface area (Å²) in [5.41, 5.74) is 0. The van der Waals surface area contributed by atoms with Gasteiger partial charge in [0.05, 0.1) is 6.10 Å². The van der Waals surface area contributed by atoms with Crippen molar-refractivity contribution in [2.75, 3.05) is 20.1 Å². The van der Waals surface area contributed by atoms with Crippen LogP contribution in [0.15, 0.2) is 0 Å². The first kappa shape index (κ1) is 8.97. The first-order valence-corrected chi connectivity index (χ1v) is 4.20. The quantitative estimate of drug-likeness (QED) is 0.593. The van der Waals surface area contributed by atoms with Gasteiger partial charge in [-0.05, 0) is 26.8 Å². The van der Waals surface area contributed by atoms with Gasteiger partial charge in [-0.2, -0.15) is 0 Å². The van der Waals surface area contributed by atoms with Crippen molar-refractivity contribution in [3.63, 3.8) is 0 Å². The lowest BCUT2D eigenvalue weighted by molar-refractivity contribution is -0.135. The van der Waals surface area contributed by atoms with Crippen LogP contribution < -0.4 is 0 Å². The molecule has 1 rings (SSSR count). The van der Waals surface area contributed by atoms with Crippen LogP contribution in [0.25, 0.3) is 0 Å². The molecular formula is C8H17NO2. The number of ether oxygens (including phenoxy) is 1. The summed E-state index contributed by atoms with van der Waals surface area (Å²) in [4.78, 5) is 2.28. The molecule has 1 fully saturated rings. The minimum absolute atomic E-state index is 0.270. The number of aliphatic hydroxyl groups excluding tert-OH is 1. The minimum atomic E-state index is -0.608. The zero-order valence-corrected chi connectivity index (χ0v) is 7.29. The second kappa shape index (κ2) is 4.04. The highest BCUT2D eigenvalue weighted by Crippen LogP contribution is 2.12. The molecule has 0 aromatic carbocycles. The fourth-order valence-corrected chi connectivity index (χ4v) is 1.40. The fourth-order valence-electron chi connectivity index (χ4n) is 1.40. The Morgan fingerprint density at radius 3 is 2.45 bits per heavy atom. The molecule has 66 valence electrons. The van der Waals surface area contributed by atoms with Crippen LogP contribution in [0.1, 0.15) is 19.8 Å². The smallest absolute Gasteiger partial charge is 0.152 e. The van der Waals surface area contributed by atoms with E-state index in [1.165, 1.54) is 0 Å². The molecule has 0 spiro atoms. The molecule has 1 aliphatic heterocycles. The van der Waals surface area contributed by atoms with Gasteiger partial charge in [0, 0.05) is 13.1 Å². The van der Waals surface area contributed by atoms with Crippen LogP contribution in [-0.4, -0.2) is 42.5 Å². The van der Waals surface area contributed by atoms with Crippen molar-refractivity contribution in [2.24, 2.45) is 0 Å². The Balaban J connectivity index is 2.17. The molecular weight excluding hydrogens is 142 g/mol. The predicted octanol–water partition coefficient (Wildman–Crippen LogP) is 0.435. The van der Waals surface area contributed by atoms with Gasteiger partial charge in [-0.1, -0.05) is 0 Å². The number of rotatable bonds is 2. The molecule has 11 heavy (non-hydrogen) atoms. The monoisotopic (exact) mass is 159 g/mol. The number of hydrogen-bond donors (Lipinski definition) is 1. The Bertz CT molecular complexity index is 109. The Labute approximate surface area is 68.0 Å². The molecule has 0 saturated carbocycles. The first-order chi connectivity index (χ1) is 5.18. The van der Waals surface area contributed by atoms with Gasteiger partial charge in [-0.25, -0.2) is 0 Å². The highest BCUT2D eigenvalue weighted by atomic mass is 16.6. The maximum Gasteiger partial charge on any atom is 0.152 e. The van der Waals surface area contributed by atoms with Gasteiger partial charge in [0.15, 0.2) is 6.29 Å². The van der Waals surface area contributed by atoms with Gasteiger partial charge in [0.1, 0.15) is 0 Å². The molecule has 3 nitrogen and oxygen atoms in total. The summed E-state index contributed by atoms with van der Waals surface area (Å²) in [7, 11) is 2.11. The summed E-state index contributed by atoms with van der Waals surface area (Å²) < 4.78 is 5.27. The molecule has 0 bridgehead atoms. The van der Waals surface area contributed by atoms with Crippen LogP contribution in [0.4, 0.5) is 0 Å². The lowest BCUT2D eigenvalue weighted by atomic mass is 10.1. The van der Waals surface area contributed by atoms with Gasteiger partial charge < -0.3 is 14.7 Å². The zero-order chi connectivity index (χ0) is 8.27. The van der Waals surface area contributed by atoms with Crippen molar-refractivity contribution < 1.29 is 9.84 Å². The van der Waals surface area contributed by atoms with Gasteiger partial charge in [0.2, 0.25) is 0 Å². The molecule has 1 heterocycles. The summed E-state index contributed by atoms with van der Waals surface area (Å²) in [5.74, 6) is 0. The van der Waals surface area contributed by atoms with Crippen LogP contribution >= 0.6 is 0 Å². The standard InChI is InChI=1S/C8H17NO2/c1-7(10)11-8-3-5-9(2)6-4-8/h7-8,10H,3-6H2,1-2H3. The molecule has 0 aromatic heterocycles. The van der Waals surface area contributed by atoms with Crippen molar-refractivity contribution in [1.29, 1.82) is 0 Å². The Kier molecular flexibility index (Phi) is 3.30. The second-order valence-electron chi connectivity index (χ2n) is 3.24. The van der Waals surface area contributed by atoms with Crippen LogP contribution in [0.3, 0.4) is 0 Å². The van der Waals surface area contributed by atoms with E-state index in [-0.39, 0.29) is 6.10 Å². The molecule has 1 atom stereocenters. The van der Waals surface area contributed by atoms with Crippen molar-refractivity contribution >= 4 is 0 Å². The van der Waals surface area contributed by atoms with E-state index in [1.807, 2.05) is 0 Å². The van der Waals surface area contributed by atoms with E-state index in [4.69, 9.17) is 9.84 Å². The molecule has 1 N–H and O–H groups in total. The Morgan fingerprint density at radius 1 is 1.45 bits per heavy atom. The highest BCUT2D eigenvalue weighted by Gasteiger charge is 2.17. The third-order valence-corrected chi connectivity index (χ3v) is 2.05. The number of piperidine rings is 1. The van der Waals surface area contributed by atoms with E-state index in [1.54, 1.807) is 6.92 Å². The zero-order valence-electron chi connectivity index (χ0n) is 7.29. The summed E-state index contributed by atoms with van der Waals surface area (Å²) in [6.07, 6.45) is 1.75. The largest absolute Gasteiger partial charge is 0.368 e. The maximum atomic E-state index is 8.93. The average Bonchev–Trinajstić information content (AvgIpc) is 1.93.